The topological polar surface area (TPSA) is 39.2 Å². The van der Waals surface area contributed by atoms with Gasteiger partial charge in [-0.3, -0.25) is 4.79 Å². The molecule has 0 amide bonds. The van der Waals surface area contributed by atoms with E-state index in [1.807, 2.05) is 38.1 Å². The van der Waals surface area contributed by atoms with Crippen LogP contribution in [0.2, 0.25) is 0 Å². The van der Waals surface area contributed by atoms with Crippen LogP contribution >= 0.6 is 0 Å². The van der Waals surface area contributed by atoms with E-state index >= 15 is 0 Å². The van der Waals surface area contributed by atoms with Crippen molar-refractivity contribution in [2.45, 2.75) is 20.8 Å². The van der Waals surface area contributed by atoms with Crippen LogP contribution in [-0.2, 0) is 4.79 Å². The molecule has 0 bridgehead atoms. The Labute approximate surface area is 100 Å². The van der Waals surface area contributed by atoms with Crippen LogP contribution in [0, 0.1) is 13.8 Å². The molecule has 1 aromatic carbocycles. The number of carbonyl (C=O) groups excluding carboxylic acids is 1. The third-order valence-corrected chi connectivity index (χ3v) is 2.57. The fraction of sp³-hybridized carbons (Fsp3) is 0.286. The van der Waals surface area contributed by atoms with Gasteiger partial charge in [0.15, 0.2) is 5.78 Å². The van der Waals surface area contributed by atoms with Gasteiger partial charge in [0.2, 0.25) is 0 Å². The normalized spacial score (nSPS) is 10.5. The van der Waals surface area contributed by atoms with Crippen molar-refractivity contribution in [2.24, 2.45) is 0 Å². The van der Waals surface area contributed by atoms with Crippen molar-refractivity contribution < 1.29 is 9.53 Å². The first-order valence-corrected chi connectivity index (χ1v) is 5.57. The Balaban J connectivity index is 2.52. The van der Waals surface area contributed by atoms with Crippen molar-refractivity contribution in [3.8, 4) is 5.75 Å². The molecule has 0 aliphatic heterocycles. The Morgan fingerprint density at radius 3 is 2.82 bits per heavy atom. The number of aromatic nitrogens is 1. The van der Waals surface area contributed by atoms with E-state index in [9.17, 15) is 4.79 Å². The Kier molecular flexibility index (Phi) is 3.09. The third kappa shape index (κ3) is 2.44. The highest BCUT2D eigenvalue weighted by Crippen LogP contribution is 2.26. The molecule has 1 heterocycles. The van der Waals surface area contributed by atoms with Gasteiger partial charge in [-0.25, -0.2) is 4.98 Å². The molecular formula is C14H15NO2. The number of para-hydroxylation sites is 1. The maximum Gasteiger partial charge on any atom is 0.167 e. The van der Waals surface area contributed by atoms with Crippen LogP contribution in [-0.4, -0.2) is 17.4 Å². The predicted octanol–water partition coefficient (Wildman–Crippen LogP) is 2.82. The molecule has 0 aliphatic carbocycles. The number of pyridine rings is 1. The Hall–Kier alpha value is -1.90. The van der Waals surface area contributed by atoms with Gasteiger partial charge in [-0.2, -0.15) is 0 Å². The van der Waals surface area contributed by atoms with Crippen molar-refractivity contribution in [1.82, 2.24) is 4.98 Å². The van der Waals surface area contributed by atoms with Gasteiger partial charge in [0.05, 0.1) is 0 Å². The minimum atomic E-state index is 0.00591. The average Bonchev–Trinajstić information content (AvgIpc) is 2.26. The summed E-state index contributed by atoms with van der Waals surface area (Å²) >= 11 is 0. The zero-order valence-electron chi connectivity index (χ0n) is 10.3. The number of benzene rings is 1. The lowest BCUT2D eigenvalue weighted by atomic mass is 10.1. The number of nitrogens with zero attached hydrogens (tertiary/aromatic N) is 1. The van der Waals surface area contributed by atoms with Gasteiger partial charge in [0, 0.05) is 11.1 Å². The number of ketones is 1. The summed E-state index contributed by atoms with van der Waals surface area (Å²) in [5.74, 6) is 0.677. The molecule has 3 heteroatoms. The average molecular weight is 229 g/mol. The van der Waals surface area contributed by atoms with E-state index in [-0.39, 0.29) is 12.4 Å². The number of hydrogen-bond donors (Lipinski definition) is 0. The standard InChI is InChI=1S/C14H15NO2/c1-9-7-10(2)15-14-12(9)5-4-6-13(14)17-8-11(3)16/h4-7H,8H2,1-3H3. The number of Topliss-reactive ketones (excluding diaryl/α,β-unsaturated/α-hetero) is 1. The molecule has 0 saturated carbocycles. The first-order chi connectivity index (χ1) is 8.08. The minimum absolute atomic E-state index is 0.00591. The molecule has 0 radical (unpaired) electrons. The SMILES string of the molecule is CC(=O)COc1cccc2c(C)cc(C)nc12. The molecule has 0 aliphatic rings. The van der Waals surface area contributed by atoms with Crippen LogP contribution in [0.25, 0.3) is 10.9 Å². The summed E-state index contributed by atoms with van der Waals surface area (Å²) in [6.45, 7) is 5.60. The second kappa shape index (κ2) is 4.53. The van der Waals surface area contributed by atoms with Gasteiger partial charge >= 0.3 is 0 Å². The zero-order chi connectivity index (χ0) is 12.4. The van der Waals surface area contributed by atoms with Gasteiger partial charge < -0.3 is 4.74 Å². The highest BCUT2D eigenvalue weighted by molar-refractivity contribution is 5.87. The Morgan fingerprint density at radius 2 is 2.12 bits per heavy atom. The number of fused-ring (bicyclic) bond motifs is 1. The summed E-state index contributed by atoms with van der Waals surface area (Å²) in [4.78, 5) is 15.4. The Bertz CT molecular complexity index is 576. The number of rotatable bonds is 3. The summed E-state index contributed by atoms with van der Waals surface area (Å²) in [5.41, 5.74) is 2.95. The number of hydrogen-bond acceptors (Lipinski definition) is 3. The van der Waals surface area contributed by atoms with Gasteiger partial charge in [-0.1, -0.05) is 12.1 Å². The number of carbonyl (C=O) groups is 1. The van der Waals surface area contributed by atoms with Crippen LogP contribution < -0.4 is 4.74 Å². The monoisotopic (exact) mass is 229 g/mol. The number of aryl methyl sites for hydroxylation is 2. The Morgan fingerprint density at radius 1 is 1.35 bits per heavy atom. The van der Waals surface area contributed by atoms with Crippen LogP contribution in [0.4, 0.5) is 0 Å². The minimum Gasteiger partial charge on any atom is -0.484 e. The lowest BCUT2D eigenvalue weighted by molar-refractivity contribution is -0.118. The van der Waals surface area contributed by atoms with Crippen LogP contribution in [0.5, 0.6) is 5.75 Å². The fourth-order valence-electron chi connectivity index (χ4n) is 1.85. The van der Waals surface area contributed by atoms with Gasteiger partial charge in [-0.15, -0.1) is 0 Å². The van der Waals surface area contributed by atoms with Crippen molar-refractivity contribution in [1.29, 1.82) is 0 Å². The van der Waals surface area contributed by atoms with Crippen molar-refractivity contribution in [2.75, 3.05) is 6.61 Å². The summed E-state index contributed by atoms with van der Waals surface area (Å²) in [6.07, 6.45) is 0. The summed E-state index contributed by atoms with van der Waals surface area (Å²) in [7, 11) is 0. The molecule has 1 aromatic heterocycles. The number of ether oxygens (including phenoxy) is 1. The lowest BCUT2D eigenvalue weighted by Gasteiger charge is -2.09. The van der Waals surface area contributed by atoms with Crippen LogP contribution in [0.1, 0.15) is 18.2 Å². The van der Waals surface area contributed by atoms with E-state index in [1.54, 1.807) is 0 Å². The zero-order valence-corrected chi connectivity index (χ0v) is 10.3. The highest BCUT2D eigenvalue weighted by atomic mass is 16.5. The lowest BCUT2D eigenvalue weighted by Crippen LogP contribution is -2.07. The summed E-state index contributed by atoms with van der Waals surface area (Å²) < 4.78 is 5.48. The van der Waals surface area contributed by atoms with E-state index in [0.717, 1.165) is 16.6 Å². The molecule has 0 atom stereocenters. The van der Waals surface area contributed by atoms with E-state index < -0.39 is 0 Å². The van der Waals surface area contributed by atoms with Crippen LogP contribution in [0.15, 0.2) is 24.3 Å². The molecule has 88 valence electrons. The van der Waals surface area contributed by atoms with Crippen molar-refractivity contribution >= 4 is 16.7 Å². The van der Waals surface area contributed by atoms with Gasteiger partial charge in [0.25, 0.3) is 0 Å². The molecular weight excluding hydrogens is 214 g/mol. The third-order valence-electron chi connectivity index (χ3n) is 2.57. The van der Waals surface area contributed by atoms with E-state index in [1.165, 1.54) is 12.5 Å². The van der Waals surface area contributed by atoms with Gasteiger partial charge in [-0.05, 0) is 38.5 Å². The molecule has 0 unspecified atom stereocenters. The molecule has 2 rings (SSSR count). The summed E-state index contributed by atoms with van der Waals surface area (Å²) in [6, 6.07) is 7.81. The van der Waals surface area contributed by atoms with Crippen LogP contribution in [0.3, 0.4) is 0 Å². The second-order valence-electron chi connectivity index (χ2n) is 4.22. The van der Waals surface area contributed by atoms with E-state index in [2.05, 4.69) is 4.98 Å². The van der Waals surface area contributed by atoms with Crippen molar-refractivity contribution in [3.05, 3.63) is 35.5 Å². The largest absolute Gasteiger partial charge is 0.484 e. The fourth-order valence-corrected chi connectivity index (χ4v) is 1.85. The summed E-state index contributed by atoms with van der Waals surface area (Å²) in [5, 5.41) is 1.07. The van der Waals surface area contributed by atoms with Gasteiger partial charge in [0.1, 0.15) is 17.9 Å². The molecule has 17 heavy (non-hydrogen) atoms. The first-order valence-electron chi connectivity index (χ1n) is 5.57. The molecule has 0 saturated heterocycles. The maximum atomic E-state index is 10.9. The highest BCUT2D eigenvalue weighted by Gasteiger charge is 2.07. The molecule has 3 nitrogen and oxygen atoms in total. The van der Waals surface area contributed by atoms with E-state index in [4.69, 9.17) is 4.74 Å². The molecule has 0 spiro atoms. The molecule has 0 N–H and O–H groups in total. The van der Waals surface area contributed by atoms with E-state index in [0.29, 0.717) is 5.75 Å². The predicted molar refractivity (Wildman–Crippen MR) is 67.4 cm³/mol. The van der Waals surface area contributed by atoms with Crippen molar-refractivity contribution in [3.63, 3.8) is 0 Å². The quantitative estimate of drug-likeness (QED) is 0.812. The smallest absolute Gasteiger partial charge is 0.167 e. The molecule has 0 fully saturated rings. The molecule has 2 aromatic rings. The first kappa shape index (κ1) is 11.6. The second-order valence-corrected chi connectivity index (χ2v) is 4.22. The maximum absolute atomic E-state index is 10.9.